The highest BCUT2D eigenvalue weighted by atomic mass is 32.2. The van der Waals surface area contributed by atoms with Crippen molar-refractivity contribution in [1.82, 2.24) is 24.1 Å². The van der Waals surface area contributed by atoms with Gasteiger partial charge in [-0.05, 0) is 31.7 Å². The lowest BCUT2D eigenvalue weighted by Gasteiger charge is -2.28. The van der Waals surface area contributed by atoms with E-state index in [0.717, 1.165) is 5.82 Å². The summed E-state index contributed by atoms with van der Waals surface area (Å²) in [5, 5.41) is 4.19. The molecule has 0 aliphatic heterocycles. The van der Waals surface area contributed by atoms with Crippen molar-refractivity contribution >= 4 is 10.0 Å². The average Bonchev–Trinajstić information content (AvgIpc) is 2.99. The van der Waals surface area contributed by atoms with E-state index in [0.29, 0.717) is 25.7 Å². The van der Waals surface area contributed by atoms with Crippen molar-refractivity contribution in [2.75, 3.05) is 0 Å². The van der Waals surface area contributed by atoms with E-state index in [9.17, 15) is 13.2 Å². The average molecular weight is 379 g/mol. The summed E-state index contributed by atoms with van der Waals surface area (Å²) in [6.07, 6.45) is 5.90. The minimum Gasteiger partial charge on any atom is -0.336 e. The van der Waals surface area contributed by atoms with E-state index in [1.807, 2.05) is 13.8 Å². The van der Waals surface area contributed by atoms with Gasteiger partial charge in [-0.15, -0.1) is 0 Å². The van der Waals surface area contributed by atoms with Crippen molar-refractivity contribution in [2.24, 2.45) is 7.05 Å². The summed E-state index contributed by atoms with van der Waals surface area (Å²) in [6.45, 7) is 3.96. The van der Waals surface area contributed by atoms with Gasteiger partial charge in [0, 0.05) is 37.5 Å². The highest BCUT2D eigenvalue weighted by Gasteiger charge is 2.29. The van der Waals surface area contributed by atoms with Gasteiger partial charge in [-0.1, -0.05) is 13.8 Å². The van der Waals surface area contributed by atoms with Gasteiger partial charge in [0.05, 0.1) is 6.04 Å². The van der Waals surface area contributed by atoms with Gasteiger partial charge in [-0.25, -0.2) is 22.8 Å². The molecular formula is C17H25N5O3S. The summed E-state index contributed by atoms with van der Waals surface area (Å²) in [5.74, 6) is 0.889. The Morgan fingerprint density at radius 3 is 2.50 bits per heavy atom. The second kappa shape index (κ2) is 7.32. The van der Waals surface area contributed by atoms with Crippen LogP contribution in [0.5, 0.6) is 0 Å². The Morgan fingerprint density at radius 1 is 1.23 bits per heavy atom. The summed E-state index contributed by atoms with van der Waals surface area (Å²) >= 11 is 0. The highest BCUT2D eigenvalue weighted by molar-refractivity contribution is 7.89. The summed E-state index contributed by atoms with van der Waals surface area (Å²) in [5.41, 5.74) is -0.119. The molecule has 0 amide bonds. The molecule has 142 valence electrons. The molecule has 1 fully saturated rings. The zero-order valence-electron chi connectivity index (χ0n) is 15.3. The monoisotopic (exact) mass is 379 g/mol. The van der Waals surface area contributed by atoms with Gasteiger partial charge in [-0.3, -0.25) is 4.79 Å². The molecule has 2 aromatic rings. The molecule has 9 heteroatoms. The smallest absolute Gasteiger partial charge is 0.266 e. The molecule has 26 heavy (non-hydrogen) atoms. The molecule has 0 unspecified atom stereocenters. The molecular weight excluding hydrogens is 354 g/mol. The van der Waals surface area contributed by atoms with Crippen LogP contribution in [-0.2, 0) is 17.1 Å². The molecule has 1 aliphatic carbocycles. The predicted octanol–water partition coefficient (Wildman–Crippen LogP) is 1.56. The maximum atomic E-state index is 12.6. The number of aromatic nitrogens is 4. The Hall–Kier alpha value is -2.00. The molecule has 0 spiro atoms. The lowest BCUT2D eigenvalue weighted by atomic mass is 9.92. The van der Waals surface area contributed by atoms with E-state index >= 15 is 0 Å². The molecule has 0 bridgehead atoms. The Kier molecular flexibility index (Phi) is 5.29. The SMILES string of the molecule is CC(C)c1nc(S(=O)(=O)NC2CCC(n3ncccc3=O)CC2)cn1C. The van der Waals surface area contributed by atoms with Crippen molar-refractivity contribution in [1.29, 1.82) is 0 Å². The molecule has 0 saturated heterocycles. The van der Waals surface area contributed by atoms with Crippen molar-refractivity contribution in [3.05, 3.63) is 40.7 Å². The molecule has 3 rings (SSSR count). The molecule has 2 heterocycles. The third-order valence-corrected chi connectivity index (χ3v) is 6.18. The van der Waals surface area contributed by atoms with E-state index in [-0.39, 0.29) is 28.6 Å². The molecule has 8 nitrogen and oxygen atoms in total. The second-order valence-electron chi connectivity index (χ2n) is 7.14. The topological polar surface area (TPSA) is 98.9 Å². The molecule has 2 aromatic heterocycles. The van der Waals surface area contributed by atoms with Gasteiger partial charge in [0.15, 0.2) is 5.03 Å². The zero-order valence-corrected chi connectivity index (χ0v) is 16.1. The quantitative estimate of drug-likeness (QED) is 0.850. The van der Waals surface area contributed by atoms with Crippen molar-refractivity contribution in [3.63, 3.8) is 0 Å². The van der Waals surface area contributed by atoms with Gasteiger partial charge in [0.1, 0.15) is 5.82 Å². The standard InChI is InChI=1S/C17H25N5O3S/c1-12(2)17-19-15(11-21(17)3)26(24,25)20-13-6-8-14(9-7-13)22-16(23)5-4-10-18-22/h4-5,10-14,20H,6-9H2,1-3H3. The number of aryl methyl sites for hydroxylation is 1. The minimum absolute atomic E-state index is 0.0202. The van der Waals surface area contributed by atoms with Crippen LogP contribution in [0, 0.1) is 0 Å². The van der Waals surface area contributed by atoms with E-state index in [4.69, 9.17) is 0 Å². The number of imidazole rings is 1. The number of hydrogen-bond acceptors (Lipinski definition) is 5. The van der Waals surface area contributed by atoms with Gasteiger partial charge in [-0.2, -0.15) is 5.10 Å². The zero-order chi connectivity index (χ0) is 18.9. The second-order valence-corrected chi connectivity index (χ2v) is 8.80. The van der Waals surface area contributed by atoms with E-state index < -0.39 is 10.0 Å². The van der Waals surface area contributed by atoms with Gasteiger partial charge >= 0.3 is 0 Å². The third kappa shape index (κ3) is 3.88. The normalized spacial score (nSPS) is 21.2. The largest absolute Gasteiger partial charge is 0.336 e. The summed E-state index contributed by atoms with van der Waals surface area (Å²) in [6, 6.07) is 2.98. The van der Waals surface area contributed by atoms with Crippen molar-refractivity contribution in [2.45, 2.75) is 62.6 Å². The Labute approximate surface area is 153 Å². The number of sulfonamides is 1. The van der Waals surface area contributed by atoms with Crippen LogP contribution in [0.2, 0.25) is 0 Å². The van der Waals surface area contributed by atoms with Crippen LogP contribution in [0.1, 0.15) is 57.3 Å². The van der Waals surface area contributed by atoms with Crippen LogP contribution in [-0.4, -0.2) is 33.8 Å². The Balaban J connectivity index is 1.66. The molecule has 0 atom stereocenters. The minimum atomic E-state index is -3.65. The first-order valence-electron chi connectivity index (χ1n) is 8.87. The first-order valence-corrected chi connectivity index (χ1v) is 10.4. The van der Waals surface area contributed by atoms with Crippen molar-refractivity contribution < 1.29 is 8.42 Å². The van der Waals surface area contributed by atoms with Crippen LogP contribution in [0.4, 0.5) is 0 Å². The Bertz CT molecular complexity index is 924. The van der Waals surface area contributed by atoms with Gasteiger partial charge < -0.3 is 4.57 Å². The van der Waals surface area contributed by atoms with Gasteiger partial charge in [0.25, 0.3) is 15.6 Å². The van der Waals surface area contributed by atoms with Crippen LogP contribution in [0.25, 0.3) is 0 Å². The number of rotatable bonds is 5. The van der Waals surface area contributed by atoms with Crippen molar-refractivity contribution in [3.8, 4) is 0 Å². The summed E-state index contributed by atoms with van der Waals surface area (Å²) < 4.78 is 31.3. The fraction of sp³-hybridized carbons (Fsp3) is 0.588. The van der Waals surface area contributed by atoms with Crippen LogP contribution >= 0.6 is 0 Å². The fourth-order valence-electron chi connectivity index (χ4n) is 3.48. The molecule has 1 aliphatic rings. The summed E-state index contributed by atoms with van der Waals surface area (Å²) in [4.78, 5) is 16.2. The van der Waals surface area contributed by atoms with Crippen LogP contribution in [0.3, 0.4) is 0 Å². The van der Waals surface area contributed by atoms with E-state index in [1.54, 1.807) is 30.1 Å². The number of hydrogen-bond donors (Lipinski definition) is 1. The maximum absolute atomic E-state index is 12.6. The number of nitrogens with zero attached hydrogens (tertiary/aromatic N) is 4. The fourth-order valence-corrected chi connectivity index (χ4v) is 4.79. The molecule has 0 radical (unpaired) electrons. The first-order chi connectivity index (χ1) is 12.3. The third-order valence-electron chi connectivity index (χ3n) is 4.79. The van der Waals surface area contributed by atoms with E-state index in [2.05, 4.69) is 14.8 Å². The first kappa shape index (κ1) is 18.8. The number of nitrogens with one attached hydrogen (secondary N) is 1. The highest BCUT2D eigenvalue weighted by Crippen LogP contribution is 2.28. The predicted molar refractivity (Wildman–Crippen MR) is 97.4 cm³/mol. The van der Waals surface area contributed by atoms with Crippen LogP contribution < -0.4 is 10.3 Å². The summed E-state index contributed by atoms with van der Waals surface area (Å²) in [7, 11) is -1.85. The van der Waals surface area contributed by atoms with Crippen LogP contribution in [0.15, 0.2) is 34.3 Å². The maximum Gasteiger partial charge on any atom is 0.266 e. The van der Waals surface area contributed by atoms with E-state index in [1.165, 1.54) is 10.7 Å². The Morgan fingerprint density at radius 2 is 1.92 bits per heavy atom. The lowest BCUT2D eigenvalue weighted by Crippen LogP contribution is -2.39. The molecule has 1 N–H and O–H groups in total. The van der Waals surface area contributed by atoms with Gasteiger partial charge in [0.2, 0.25) is 0 Å². The lowest BCUT2D eigenvalue weighted by molar-refractivity contribution is 0.285. The molecule has 0 aromatic carbocycles. The molecule has 1 saturated carbocycles.